The van der Waals surface area contributed by atoms with Crippen molar-refractivity contribution in [2.75, 3.05) is 6.54 Å². The maximum atomic E-state index is 11.9. The molecule has 20 heavy (non-hydrogen) atoms. The smallest absolute Gasteiger partial charge is 0.260 e. The number of hydrogen-bond donors (Lipinski definition) is 2. The molecule has 1 atom stereocenters. The van der Waals surface area contributed by atoms with Crippen molar-refractivity contribution in [3.05, 3.63) is 27.7 Å². The van der Waals surface area contributed by atoms with E-state index in [4.69, 9.17) is 33.7 Å². The molecule has 0 heterocycles. The van der Waals surface area contributed by atoms with Crippen molar-refractivity contribution in [3.8, 4) is 5.75 Å². The summed E-state index contributed by atoms with van der Waals surface area (Å²) < 4.78 is 5.69. The summed E-state index contributed by atoms with van der Waals surface area (Å²) in [5.74, 6) is 0.276. The van der Waals surface area contributed by atoms with Gasteiger partial charge in [-0.05, 0) is 51.4 Å². The highest BCUT2D eigenvalue weighted by atomic mass is 35.5. The molecule has 1 amide bonds. The normalized spacial score (nSPS) is 12.3. The number of hydrogen-bond acceptors (Lipinski definition) is 3. The minimum Gasteiger partial charge on any atom is -0.479 e. The van der Waals surface area contributed by atoms with Gasteiger partial charge in [0.1, 0.15) is 5.75 Å². The number of carbonyl (C=O) groups excluding carboxylic acids is 1. The molecule has 1 rings (SSSR count). The van der Waals surface area contributed by atoms with Gasteiger partial charge in [-0.1, -0.05) is 23.2 Å². The quantitative estimate of drug-likeness (QED) is 0.847. The first-order valence-corrected chi connectivity index (χ1v) is 7.25. The average molecular weight is 319 g/mol. The van der Waals surface area contributed by atoms with Crippen molar-refractivity contribution < 1.29 is 9.53 Å². The number of halogens is 2. The number of carbonyl (C=O) groups is 1. The zero-order chi connectivity index (χ0) is 15.3. The lowest BCUT2D eigenvalue weighted by Gasteiger charge is -2.19. The molecule has 0 spiro atoms. The Labute approximate surface area is 129 Å². The minimum absolute atomic E-state index is 0.0535. The SMILES string of the molecule is CC(C)NC(=O)C(C)Oc1c(Cl)cc(Cl)cc1CCN. The van der Waals surface area contributed by atoms with Gasteiger partial charge in [0, 0.05) is 11.1 Å². The van der Waals surface area contributed by atoms with Gasteiger partial charge in [-0.2, -0.15) is 0 Å². The van der Waals surface area contributed by atoms with Gasteiger partial charge in [0.25, 0.3) is 5.91 Å². The molecule has 112 valence electrons. The summed E-state index contributed by atoms with van der Waals surface area (Å²) in [4.78, 5) is 11.9. The van der Waals surface area contributed by atoms with Crippen LogP contribution >= 0.6 is 23.2 Å². The third-order valence-electron chi connectivity index (χ3n) is 2.59. The Morgan fingerprint density at radius 1 is 1.35 bits per heavy atom. The van der Waals surface area contributed by atoms with Crippen molar-refractivity contribution in [1.82, 2.24) is 5.32 Å². The molecule has 6 heteroatoms. The Bertz CT molecular complexity index is 478. The van der Waals surface area contributed by atoms with Gasteiger partial charge >= 0.3 is 0 Å². The van der Waals surface area contributed by atoms with Crippen LogP contribution in [0.1, 0.15) is 26.3 Å². The highest BCUT2D eigenvalue weighted by Crippen LogP contribution is 2.33. The molecular weight excluding hydrogens is 299 g/mol. The summed E-state index contributed by atoms with van der Waals surface area (Å²) in [6, 6.07) is 3.39. The summed E-state index contributed by atoms with van der Waals surface area (Å²) in [5, 5.41) is 3.69. The standard InChI is InChI=1S/C14H20Cl2N2O2/c1-8(2)18-14(19)9(3)20-13-10(4-5-17)6-11(15)7-12(13)16/h6-9H,4-5,17H2,1-3H3,(H,18,19). The Hall–Kier alpha value is -0.970. The topological polar surface area (TPSA) is 64.3 Å². The molecule has 1 aromatic carbocycles. The average Bonchev–Trinajstić information content (AvgIpc) is 2.32. The zero-order valence-corrected chi connectivity index (χ0v) is 13.4. The lowest BCUT2D eigenvalue weighted by molar-refractivity contribution is -0.127. The molecule has 0 aliphatic carbocycles. The molecule has 0 aliphatic rings. The second kappa shape index (κ2) is 7.72. The molecule has 0 aliphatic heterocycles. The molecule has 1 unspecified atom stereocenters. The van der Waals surface area contributed by atoms with E-state index >= 15 is 0 Å². The number of nitrogens with one attached hydrogen (secondary N) is 1. The summed E-state index contributed by atoms with van der Waals surface area (Å²) in [5.41, 5.74) is 6.37. The summed E-state index contributed by atoms with van der Waals surface area (Å²) in [6.07, 6.45) is -0.0682. The van der Waals surface area contributed by atoms with E-state index in [-0.39, 0.29) is 11.9 Å². The Kier molecular flexibility index (Phi) is 6.59. The molecule has 3 N–H and O–H groups in total. The molecule has 0 saturated carbocycles. The maximum Gasteiger partial charge on any atom is 0.260 e. The van der Waals surface area contributed by atoms with Crippen LogP contribution in [-0.2, 0) is 11.2 Å². The Balaban J connectivity index is 2.93. The molecule has 0 fully saturated rings. The van der Waals surface area contributed by atoms with E-state index in [2.05, 4.69) is 5.32 Å². The van der Waals surface area contributed by atoms with E-state index in [1.165, 1.54) is 0 Å². The predicted molar refractivity (Wildman–Crippen MR) is 82.6 cm³/mol. The minimum atomic E-state index is -0.646. The van der Waals surface area contributed by atoms with Crippen LogP contribution in [0, 0.1) is 0 Å². The second-order valence-corrected chi connectivity index (χ2v) is 5.68. The molecule has 0 radical (unpaired) electrons. The molecular formula is C14H20Cl2N2O2. The molecule has 0 aromatic heterocycles. The number of amides is 1. The van der Waals surface area contributed by atoms with Crippen LogP contribution in [0.2, 0.25) is 10.0 Å². The van der Waals surface area contributed by atoms with Crippen molar-refractivity contribution in [2.45, 2.75) is 39.3 Å². The van der Waals surface area contributed by atoms with Crippen LogP contribution in [0.5, 0.6) is 5.75 Å². The van der Waals surface area contributed by atoms with Crippen LogP contribution in [-0.4, -0.2) is 24.6 Å². The molecule has 1 aromatic rings. The van der Waals surface area contributed by atoms with Gasteiger partial charge in [0.2, 0.25) is 0 Å². The fraction of sp³-hybridized carbons (Fsp3) is 0.500. The van der Waals surface area contributed by atoms with Crippen LogP contribution < -0.4 is 15.8 Å². The Morgan fingerprint density at radius 2 is 2.00 bits per heavy atom. The first-order valence-electron chi connectivity index (χ1n) is 6.50. The number of nitrogens with two attached hydrogens (primary N) is 1. The highest BCUT2D eigenvalue weighted by Gasteiger charge is 2.19. The zero-order valence-electron chi connectivity index (χ0n) is 11.9. The third kappa shape index (κ3) is 4.85. The van der Waals surface area contributed by atoms with Gasteiger partial charge in [-0.15, -0.1) is 0 Å². The van der Waals surface area contributed by atoms with Crippen molar-refractivity contribution in [3.63, 3.8) is 0 Å². The molecule has 0 bridgehead atoms. The van der Waals surface area contributed by atoms with Crippen LogP contribution in [0.3, 0.4) is 0 Å². The lowest BCUT2D eigenvalue weighted by atomic mass is 10.1. The Morgan fingerprint density at radius 3 is 2.55 bits per heavy atom. The van der Waals surface area contributed by atoms with Gasteiger partial charge in [-0.3, -0.25) is 4.79 Å². The second-order valence-electron chi connectivity index (χ2n) is 4.84. The number of benzene rings is 1. The van der Waals surface area contributed by atoms with E-state index in [9.17, 15) is 4.79 Å². The lowest BCUT2D eigenvalue weighted by Crippen LogP contribution is -2.40. The van der Waals surface area contributed by atoms with E-state index < -0.39 is 6.10 Å². The van der Waals surface area contributed by atoms with Gasteiger partial charge in [-0.25, -0.2) is 0 Å². The fourth-order valence-corrected chi connectivity index (χ4v) is 2.30. The highest BCUT2D eigenvalue weighted by molar-refractivity contribution is 6.35. The number of rotatable bonds is 6. The largest absolute Gasteiger partial charge is 0.479 e. The first kappa shape index (κ1) is 17.1. The first-order chi connectivity index (χ1) is 9.35. The van der Waals surface area contributed by atoms with Crippen LogP contribution in [0.25, 0.3) is 0 Å². The predicted octanol–water partition coefficient (Wildman–Crippen LogP) is 2.79. The van der Waals surface area contributed by atoms with Crippen LogP contribution in [0.15, 0.2) is 12.1 Å². The van der Waals surface area contributed by atoms with E-state index in [0.717, 1.165) is 5.56 Å². The summed E-state index contributed by atoms with van der Waals surface area (Å²) in [6.45, 7) is 5.90. The summed E-state index contributed by atoms with van der Waals surface area (Å²) >= 11 is 12.1. The van der Waals surface area contributed by atoms with E-state index in [1.807, 2.05) is 13.8 Å². The van der Waals surface area contributed by atoms with Gasteiger partial charge < -0.3 is 15.8 Å². The van der Waals surface area contributed by atoms with Gasteiger partial charge in [0.15, 0.2) is 6.10 Å². The third-order valence-corrected chi connectivity index (χ3v) is 3.09. The number of ether oxygens (including phenoxy) is 1. The van der Waals surface area contributed by atoms with Crippen molar-refractivity contribution >= 4 is 29.1 Å². The summed E-state index contributed by atoms with van der Waals surface area (Å²) in [7, 11) is 0. The van der Waals surface area contributed by atoms with Crippen molar-refractivity contribution in [1.29, 1.82) is 0 Å². The van der Waals surface area contributed by atoms with Crippen LogP contribution in [0.4, 0.5) is 0 Å². The van der Waals surface area contributed by atoms with E-state index in [0.29, 0.717) is 28.8 Å². The molecule has 4 nitrogen and oxygen atoms in total. The maximum absolute atomic E-state index is 11.9. The van der Waals surface area contributed by atoms with Crippen molar-refractivity contribution in [2.24, 2.45) is 5.73 Å². The fourth-order valence-electron chi connectivity index (χ4n) is 1.72. The molecule has 0 saturated heterocycles. The van der Waals surface area contributed by atoms with Gasteiger partial charge in [0.05, 0.1) is 5.02 Å². The van der Waals surface area contributed by atoms with E-state index in [1.54, 1.807) is 19.1 Å². The monoisotopic (exact) mass is 318 g/mol.